The molecule has 3 aromatic rings. The van der Waals surface area contributed by atoms with Crippen LogP contribution in [-0.2, 0) is 0 Å². The number of ether oxygens (including phenoxy) is 1. The molecule has 5 nitrogen and oxygen atoms in total. The summed E-state index contributed by atoms with van der Waals surface area (Å²) in [5.41, 5.74) is 9.72. The number of carbonyl (C=O) groups excluding carboxylic acids is 1. The molecular weight excluding hydrogens is 326 g/mol. The minimum atomic E-state index is -0.300. The number of aromatic nitrogens is 1. The van der Waals surface area contributed by atoms with Crippen LogP contribution in [0.1, 0.15) is 27.2 Å². The molecule has 2 aromatic carbocycles. The molecule has 0 aliphatic heterocycles. The van der Waals surface area contributed by atoms with Crippen molar-refractivity contribution in [1.29, 1.82) is 0 Å². The van der Waals surface area contributed by atoms with Crippen molar-refractivity contribution in [1.82, 2.24) is 4.98 Å². The van der Waals surface area contributed by atoms with Gasteiger partial charge in [0.05, 0.1) is 5.56 Å². The second-order valence-corrected chi connectivity index (χ2v) is 6.22. The van der Waals surface area contributed by atoms with Gasteiger partial charge in [-0.3, -0.25) is 4.79 Å². The van der Waals surface area contributed by atoms with Crippen molar-refractivity contribution >= 4 is 17.4 Å². The topological polar surface area (TPSA) is 77.2 Å². The van der Waals surface area contributed by atoms with E-state index in [0.717, 1.165) is 22.6 Å². The molecule has 3 N–H and O–H groups in total. The zero-order chi connectivity index (χ0) is 18.7. The molecule has 0 bridgehead atoms. The van der Waals surface area contributed by atoms with Crippen molar-refractivity contribution in [2.75, 3.05) is 11.1 Å². The van der Waals surface area contributed by atoms with Crippen molar-refractivity contribution < 1.29 is 9.53 Å². The number of rotatable bonds is 4. The van der Waals surface area contributed by atoms with Crippen LogP contribution in [0.15, 0.2) is 54.6 Å². The lowest BCUT2D eigenvalue weighted by molar-refractivity contribution is 0.102. The Morgan fingerprint density at radius 2 is 1.69 bits per heavy atom. The van der Waals surface area contributed by atoms with Gasteiger partial charge in [-0.15, -0.1) is 0 Å². The number of nitrogens with two attached hydrogens (primary N) is 1. The standard InChI is InChI=1S/C21H21N3O2/c1-13-6-4-8-17(10-13)26-18-9-5-7-16(12-18)24-21(25)19-11-14(2)15(3)23-20(19)22/h4-12H,1-3H3,(H2,22,23)(H,24,25). The molecule has 1 aromatic heterocycles. The molecule has 26 heavy (non-hydrogen) atoms. The van der Waals surface area contributed by atoms with Crippen LogP contribution < -0.4 is 15.8 Å². The maximum absolute atomic E-state index is 12.5. The second kappa shape index (κ2) is 7.27. The van der Waals surface area contributed by atoms with Gasteiger partial charge >= 0.3 is 0 Å². The number of benzene rings is 2. The first-order chi connectivity index (χ1) is 12.4. The molecule has 1 heterocycles. The van der Waals surface area contributed by atoms with E-state index in [1.54, 1.807) is 18.2 Å². The summed E-state index contributed by atoms with van der Waals surface area (Å²) in [6.07, 6.45) is 0. The zero-order valence-electron chi connectivity index (χ0n) is 15.0. The Morgan fingerprint density at radius 3 is 2.42 bits per heavy atom. The maximum atomic E-state index is 12.5. The summed E-state index contributed by atoms with van der Waals surface area (Å²) < 4.78 is 5.86. The lowest BCUT2D eigenvalue weighted by Crippen LogP contribution is -2.15. The highest BCUT2D eigenvalue weighted by Crippen LogP contribution is 2.25. The Bertz CT molecular complexity index is 967. The molecule has 0 aliphatic rings. The molecule has 0 saturated carbocycles. The number of hydrogen-bond donors (Lipinski definition) is 2. The summed E-state index contributed by atoms with van der Waals surface area (Å²) >= 11 is 0. The lowest BCUT2D eigenvalue weighted by atomic mass is 10.1. The average Bonchev–Trinajstić information content (AvgIpc) is 2.58. The average molecular weight is 347 g/mol. The van der Waals surface area contributed by atoms with E-state index in [-0.39, 0.29) is 11.7 Å². The van der Waals surface area contributed by atoms with Crippen LogP contribution in [0.2, 0.25) is 0 Å². The summed E-state index contributed by atoms with van der Waals surface area (Å²) in [6.45, 7) is 5.76. The van der Waals surface area contributed by atoms with Gasteiger partial charge in [-0.05, 0) is 62.2 Å². The van der Waals surface area contributed by atoms with Crippen LogP contribution in [0.25, 0.3) is 0 Å². The molecule has 5 heteroatoms. The van der Waals surface area contributed by atoms with Gasteiger partial charge in [0.1, 0.15) is 17.3 Å². The number of anilines is 2. The van der Waals surface area contributed by atoms with Crippen LogP contribution in [0.3, 0.4) is 0 Å². The van der Waals surface area contributed by atoms with Gasteiger partial charge in [0.15, 0.2) is 0 Å². The Morgan fingerprint density at radius 1 is 1.00 bits per heavy atom. The van der Waals surface area contributed by atoms with E-state index < -0.39 is 0 Å². The number of carbonyl (C=O) groups is 1. The molecule has 0 unspecified atom stereocenters. The minimum absolute atomic E-state index is 0.220. The molecular formula is C21H21N3O2. The van der Waals surface area contributed by atoms with Crippen molar-refractivity contribution in [3.05, 3.63) is 77.0 Å². The second-order valence-electron chi connectivity index (χ2n) is 6.22. The molecule has 0 aliphatic carbocycles. The Balaban J connectivity index is 1.78. The van der Waals surface area contributed by atoms with Crippen LogP contribution in [0, 0.1) is 20.8 Å². The first kappa shape index (κ1) is 17.5. The number of nitrogens with zero attached hydrogens (tertiary/aromatic N) is 1. The first-order valence-corrected chi connectivity index (χ1v) is 8.32. The molecule has 3 rings (SSSR count). The maximum Gasteiger partial charge on any atom is 0.259 e. The molecule has 0 radical (unpaired) electrons. The Labute approximate surface area is 152 Å². The molecule has 0 spiro atoms. The SMILES string of the molecule is Cc1cccc(Oc2cccc(NC(=O)c3cc(C)c(C)nc3N)c2)c1. The molecule has 0 atom stereocenters. The van der Waals surface area contributed by atoms with E-state index in [9.17, 15) is 4.79 Å². The molecule has 0 fully saturated rings. The van der Waals surface area contributed by atoms with Gasteiger partial charge in [-0.25, -0.2) is 4.98 Å². The summed E-state index contributed by atoms with van der Waals surface area (Å²) in [4.78, 5) is 16.8. The third kappa shape index (κ3) is 4.00. The highest BCUT2D eigenvalue weighted by Gasteiger charge is 2.13. The van der Waals surface area contributed by atoms with Gasteiger partial charge in [-0.2, -0.15) is 0 Å². The Kier molecular flexibility index (Phi) is 4.89. The summed E-state index contributed by atoms with van der Waals surface area (Å²) in [7, 11) is 0. The van der Waals surface area contributed by atoms with Crippen molar-refractivity contribution in [3.8, 4) is 11.5 Å². The molecule has 1 amide bonds. The smallest absolute Gasteiger partial charge is 0.259 e. The fourth-order valence-electron chi connectivity index (χ4n) is 2.56. The van der Waals surface area contributed by atoms with Crippen LogP contribution >= 0.6 is 0 Å². The Hall–Kier alpha value is -3.34. The lowest BCUT2D eigenvalue weighted by Gasteiger charge is -2.11. The number of aryl methyl sites for hydroxylation is 3. The number of nitrogens with one attached hydrogen (secondary N) is 1. The molecule has 132 valence electrons. The van der Waals surface area contributed by atoms with Crippen molar-refractivity contribution in [2.24, 2.45) is 0 Å². The number of amides is 1. The largest absolute Gasteiger partial charge is 0.457 e. The summed E-state index contributed by atoms with van der Waals surface area (Å²) in [5, 5.41) is 2.84. The van der Waals surface area contributed by atoms with Gasteiger partial charge < -0.3 is 15.8 Å². The highest BCUT2D eigenvalue weighted by molar-refractivity contribution is 6.07. The van der Waals surface area contributed by atoms with E-state index in [4.69, 9.17) is 10.5 Å². The zero-order valence-corrected chi connectivity index (χ0v) is 15.0. The fourth-order valence-corrected chi connectivity index (χ4v) is 2.56. The van der Waals surface area contributed by atoms with Crippen molar-refractivity contribution in [3.63, 3.8) is 0 Å². The normalized spacial score (nSPS) is 10.4. The van der Waals surface area contributed by atoms with E-state index in [1.807, 2.05) is 57.2 Å². The van der Waals surface area contributed by atoms with E-state index in [2.05, 4.69) is 10.3 Å². The van der Waals surface area contributed by atoms with Crippen LogP contribution in [0.5, 0.6) is 11.5 Å². The van der Waals surface area contributed by atoms with Gasteiger partial charge in [0.25, 0.3) is 5.91 Å². The monoisotopic (exact) mass is 347 g/mol. The van der Waals surface area contributed by atoms with Gasteiger partial charge in [0, 0.05) is 17.4 Å². The van der Waals surface area contributed by atoms with E-state index in [1.165, 1.54) is 0 Å². The predicted molar refractivity (Wildman–Crippen MR) is 104 cm³/mol. The minimum Gasteiger partial charge on any atom is -0.457 e. The summed E-state index contributed by atoms with van der Waals surface area (Å²) in [5.74, 6) is 1.30. The number of hydrogen-bond acceptors (Lipinski definition) is 4. The van der Waals surface area contributed by atoms with Crippen LogP contribution in [0.4, 0.5) is 11.5 Å². The summed E-state index contributed by atoms with van der Waals surface area (Å²) in [6, 6.07) is 16.8. The third-order valence-corrected chi connectivity index (χ3v) is 4.06. The van der Waals surface area contributed by atoms with E-state index in [0.29, 0.717) is 17.0 Å². The number of nitrogen functional groups attached to an aromatic ring is 1. The quantitative estimate of drug-likeness (QED) is 0.721. The fraction of sp³-hybridized carbons (Fsp3) is 0.143. The highest BCUT2D eigenvalue weighted by atomic mass is 16.5. The van der Waals surface area contributed by atoms with Gasteiger partial charge in [0.2, 0.25) is 0 Å². The van der Waals surface area contributed by atoms with Crippen molar-refractivity contribution in [2.45, 2.75) is 20.8 Å². The van der Waals surface area contributed by atoms with E-state index >= 15 is 0 Å². The predicted octanol–water partition coefficient (Wildman–Crippen LogP) is 4.63. The van der Waals surface area contributed by atoms with Crippen LogP contribution in [-0.4, -0.2) is 10.9 Å². The third-order valence-electron chi connectivity index (χ3n) is 4.06. The first-order valence-electron chi connectivity index (χ1n) is 8.32. The number of pyridine rings is 1. The van der Waals surface area contributed by atoms with Gasteiger partial charge in [-0.1, -0.05) is 18.2 Å². The molecule has 0 saturated heterocycles.